The molecule has 0 heterocycles. The summed E-state index contributed by atoms with van der Waals surface area (Å²) in [7, 11) is 2.72. The number of anilines is 2. The van der Waals surface area contributed by atoms with Crippen molar-refractivity contribution < 1.29 is 28.8 Å². The maximum atomic E-state index is 12.1. The summed E-state index contributed by atoms with van der Waals surface area (Å²) in [4.78, 5) is 46.2. The Balaban J connectivity index is 2.04. The van der Waals surface area contributed by atoms with Gasteiger partial charge in [-0.2, -0.15) is 0 Å². The number of esters is 2. The van der Waals surface area contributed by atoms with Crippen molar-refractivity contribution >= 4 is 34.9 Å². The van der Waals surface area contributed by atoms with Gasteiger partial charge in [-0.15, -0.1) is 0 Å². The number of nitro benzene ring substituents is 1. The van der Waals surface area contributed by atoms with E-state index in [1.54, 1.807) is 12.1 Å². The third-order valence-electron chi connectivity index (χ3n) is 3.64. The normalized spacial score (nSPS) is 9.93. The van der Waals surface area contributed by atoms with Crippen molar-refractivity contribution in [1.82, 2.24) is 0 Å². The fraction of sp³-hybridized carbons (Fsp3) is 0.167. The molecule has 28 heavy (non-hydrogen) atoms. The highest BCUT2D eigenvalue weighted by Crippen LogP contribution is 2.25. The summed E-state index contributed by atoms with van der Waals surface area (Å²) in [5.41, 5.74) is 0.202. The molecule has 1 amide bonds. The fourth-order valence-corrected chi connectivity index (χ4v) is 2.30. The summed E-state index contributed by atoms with van der Waals surface area (Å²) < 4.78 is 9.51. The van der Waals surface area contributed by atoms with Crippen LogP contribution in [-0.4, -0.2) is 43.5 Å². The molecule has 0 spiro atoms. The molecule has 0 aromatic heterocycles. The Morgan fingerprint density at radius 3 is 2.43 bits per heavy atom. The first-order valence-electron chi connectivity index (χ1n) is 7.98. The van der Waals surface area contributed by atoms with Gasteiger partial charge in [0.15, 0.2) is 6.61 Å². The zero-order valence-electron chi connectivity index (χ0n) is 15.1. The first-order valence-corrected chi connectivity index (χ1v) is 7.98. The Bertz CT molecular complexity index is 927. The Morgan fingerprint density at radius 1 is 1.07 bits per heavy atom. The van der Waals surface area contributed by atoms with E-state index >= 15 is 0 Å². The number of methoxy groups -OCH3 is 1. The minimum absolute atomic E-state index is 0.0755. The number of hydrogen-bond donors (Lipinski definition) is 2. The molecular formula is C18H17N3O7. The number of carbonyl (C=O) groups is 3. The van der Waals surface area contributed by atoms with Gasteiger partial charge in [0.2, 0.25) is 0 Å². The largest absolute Gasteiger partial charge is 0.465 e. The van der Waals surface area contributed by atoms with Crippen molar-refractivity contribution in [2.45, 2.75) is 0 Å². The number of amides is 1. The molecule has 0 aliphatic carbocycles. The standard InChI is InChI=1S/C18H17N3O7/c1-19-14-8-7-11(9-15(14)21(25)26)17(23)28-10-16(22)20-13-6-4-3-5-12(13)18(24)27-2/h3-9,19H,10H2,1-2H3,(H,20,22). The van der Waals surface area contributed by atoms with Gasteiger partial charge in [-0.1, -0.05) is 12.1 Å². The van der Waals surface area contributed by atoms with E-state index in [9.17, 15) is 24.5 Å². The number of nitrogens with one attached hydrogen (secondary N) is 2. The van der Waals surface area contributed by atoms with Gasteiger partial charge in [0.05, 0.1) is 28.8 Å². The Hall–Kier alpha value is -3.95. The van der Waals surface area contributed by atoms with E-state index in [4.69, 9.17) is 4.74 Å². The molecule has 0 unspecified atom stereocenters. The number of nitrogens with zero attached hydrogens (tertiary/aromatic N) is 1. The van der Waals surface area contributed by atoms with Crippen LogP contribution in [0.3, 0.4) is 0 Å². The molecule has 0 atom stereocenters. The van der Waals surface area contributed by atoms with E-state index in [2.05, 4.69) is 15.4 Å². The van der Waals surface area contributed by atoms with E-state index < -0.39 is 29.4 Å². The zero-order chi connectivity index (χ0) is 20.7. The van der Waals surface area contributed by atoms with Crippen LogP contribution in [0.15, 0.2) is 42.5 Å². The van der Waals surface area contributed by atoms with Crippen LogP contribution in [0.25, 0.3) is 0 Å². The number of hydrogen-bond acceptors (Lipinski definition) is 8. The Labute approximate surface area is 159 Å². The quantitative estimate of drug-likeness (QED) is 0.419. The van der Waals surface area contributed by atoms with Gasteiger partial charge in [-0.05, 0) is 24.3 Å². The third kappa shape index (κ3) is 4.81. The predicted molar refractivity (Wildman–Crippen MR) is 99.3 cm³/mol. The number of para-hydroxylation sites is 1. The van der Waals surface area contributed by atoms with Gasteiger partial charge in [-0.25, -0.2) is 9.59 Å². The summed E-state index contributed by atoms with van der Waals surface area (Å²) in [6.45, 7) is -0.643. The number of nitro groups is 1. The maximum absolute atomic E-state index is 12.1. The third-order valence-corrected chi connectivity index (χ3v) is 3.64. The van der Waals surface area contributed by atoms with Crippen LogP contribution in [0.2, 0.25) is 0 Å². The van der Waals surface area contributed by atoms with Crippen molar-refractivity contribution in [3.8, 4) is 0 Å². The first kappa shape index (κ1) is 20.4. The molecule has 0 aliphatic rings. The summed E-state index contributed by atoms with van der Waals surface area (Å²) in [5, 5.41) is 16.1. The minimum atomic E-state index is -0.901. The number of carbonyl (C=O) groups excluding carboxylic acids is 3. The van der Waals surface area contributed by atoms with E-state index in [-0.39, 0.29) is 28.2 Å². The van der Waals surface area contributed by atoms with E-state index in [0.717, 1.165) is 6.07 Å². The summed E-state index contributed by atoms with van der Waals surface area (Å²) >= 11 is 0. The fourth-order valence-electron chi connectivity index (χ4n) is 2.30. The van der Waals surface area contributed by atoms with Crippen LogP contribution in [0.4, 0.5) is 17.1 Å². The van der Waals surface area contributed by atoms with Crippen molar-refractivity contribution in [3.05, 3.63) is 63.7 Å². The molecule has 2 N–H and O–H groups in total. The predicted octanol–water partition coefficient (Wildman–Crippen LogP) is 2.22. The minimum Gasteiger partial charge on any atom is -0.465 e. The molecule has 2 aromatic carbocycles. The topological polar surface area (TPSA) is 137 Å². The molecule has 0 saturated carbocycles. The molecule has 10 heteroatoms. The van der Waals surface area contributed by atoms with Crippen LogP contribution in [0, 0.1) is 10.1 Å². The SMILES string of the molecule is CNc1ccc(C(=O)OCC(=O)Nc2ccccc2C(=O)OC)cc1[N+](=O)[O-]. The molecule has 10 nitrogen and oxygen atoms in total. The monoisotopic (exact) mass is 387 g/mol. The second-order valence-electron chi connectivity index (χ2n) is 5.40. The average Bonchev–Trinajstić information content (AvgIpc) is 2.71. The van der Waals surface area contributed by atoms with Gasteiger partial charge in [0.25, 0.3) is 11.6 Å². The lowest BCUT2D eigenvalue weighted by Crippen LogP contribution is -2.22. The first-order chi connectivity index (χ1) is 13.4. The molecule has 2 aromatic rings. The number of benzene rings is 2. The lowest BCUT2D eigenvalue weighted by atomic mass is 10.1. The van der Waals surface area contributed by atoms with Crippen LogP contribution < -0.4 is 10.6 Å². The van der Waals surface area contributed by atoms with Crippen LogP contribution in [0.1, 0.15) is 20.7 Å². The maximum Gasteiger partial charge on any atom is 0.339 e. The van der Waals surface area contributed by atoms with E-state index in [0.29, 0.717) is 0 Å². The van der Waals surface area contributed by atoms with Gasteiger partial charge in [0, 0.05) is 13.1 Å². The molecule has 0 bridgehead atoms. The number of rotatable bonds is 7. The summed E-state index contributed by atoms with van der Waals surface area (Å²) in [6, 6.07) is 9.92. The van der Waals surface area contributed by atoms with E-state index in [1.807, 2.05) is 0 Å². The molecule has 146 valence electrons. The molecule has 0 fully saturated rings. The van der Waals surface area contributed by atoms with Gasteiger partial charge >= 0.3 is 11.9 Å². The highest BCUT2D eigenvalue weighted by molar-refractivity contribution is 6.02. The molecule has 0 aliphatic heterocycles. The zero-order valence-corrected chi connectivity index (χ0v) is 15.1. The lowest BCUT2D eigenvalue weighted by Gasteiger charge is -2.10. The second kappa shape index (κ2) is 9.12. The van der Waals surface area contributed by atoms with E-state index in [1.165, 1.54) is 38.4 Å². The second-order valence-corrected chi connectivity index (χ2v) is 5.40. The highest BCUT2D eigenvalue weighted by Gasteiger charge is 2.19. The summed E-state index contributed by atoms with van der Waals surface area (Å²) in [6.07, 6.45) is 0. The molecule has 0 saturated heterocycles. The van der Waals surface area contributed by atoms with Crippen molar-refractivity contribution in [1.29, 1.82) is 0 Å². The Morgan fingerprint density at radius 2 is 1.79 bits per heavy atom. The van der Waals surface area contributed by atoms with Crippen LogP contribution in [0.5, 0.6) is 0 Å². The molecule has 2 rings (SSSR count). The van der Waals surface area contributed by atoms with Crippen molar-refractivity contribution in [3.63, 3.8) is 0 Å². The van der Waals surface area contributed by atoms with Gasteiger partial charge in [-0.3, -0.25) is 14.9 Å². The number of ether oxygens (including phenoxy) is 2. The average molecular weight is 387 g/mol. The lowest BCUT2D eigenvalue weighted by molar-refractivity contribution is -0.384. The molecular weight excluding hydrogens is 370 g/mol. The van der Waals surface area contributed by atoms with Gasteiger partial charge in [0.1, 0.15) is 5.69 Å². The van der Waals surface area contributed by atoms with Crippen molar-refractivity contribution in [2.24, 2.45) is 0 Å². The Kier molecular flexibility index (Phi) is 6.63. The molecule has 0 radical (unpaired) electrons. The smallest absolute Gasteiger partial charge is 0.339 e. The highest BCUT2D eigenvalue weighted by atomic mass is 16.6. The van der Waals surface area contributed by atoms with Crippen molar-refractivity contribution in [2.75, 3.05) is 31.4 Å². The van der Waals surface area contributed by atoms with Gasteiger partial charge < -0.3 is 20.1 Å². The van der Waals surface area contributed by atoms with Crippen LogP contribution >= 0.6 is 0 Å². The van der Waals surface area contributed by atoms with Crippen LogP contribution in [-0.2, 0) is 14.3 Å². The summed E-state index contributed by atoms with van der Waals surface area (Å²) in [5.74, 6) is -2.22.